The normalized spacial score (nSPS) is 45.8. The molecule has 1 nitrogen and oxygen atoms in total. The average molecular weight is 164 g/mol. The highest BCUT2D eigenvalue weighted by atomic mass is 16.3. The van der Waals surface area contributed by atoms with Gasteiger partial charge in [-0.25, -0.2) is 0 Å². The maximum atomic E-state index is 9.64. The van der Waals surface area contributed by atoms with E-state index in [-0.39, 0.29) is 11.5 Å². The zero-order valence-corrected chi connectivity index (χ0v) is 7.75. The lowest BCUT2D eigenvalue weighted by molar-refractivity contribution is 0.234. The monoisotopic (exact) mass is 164 g/mol. The van der Waals surface area contributed by atoms with E-state index in [4.69, 9.17) is 0 Å². The molecule has 3 unspecified atom stereocenters. The van der Waals surface area contributed by atoms with Gasteiger partial charge in [0.2, 0.25) is 0 Å². The Balaban J connectivity index is 2.20. The third-order valence-electron chi connectivity index (χ3n) is 3.63. The second-order valence-electron chi connectivity index (χ2n) is 4.17. The second-order valence-corrected chi connectivity index (χ2v) is 4.17. The van der Waals surface area contributed by atoms with E-state index in [1.165, 1.54) is 5.57 Å². The van der Waals surface area contributed by atoms with Gasteiger partial charge in [0.05, 0.1) is 6.10 Å². The first-order valence-corrected chi connectivity index (χ1v) is 4.71. The summed E-state index contributed by atoms with van der Waals surface area (Å²) in [6.07, 6.45) is 8.65. The number of aliphatic hydroxyl groups excluding tert-OH is 1. The van der Waals surface area contributed by atoms with E-state index in [0.29, 0.717) is 5.92 Å². The highest BCUT2D eigenvalue weighted by Crippen LogP contribution is 2.58. The topological polar surface area (TPSA) is 20.2 Å². The first-order valence-electron chi connectivity index (χ1n) is 4.71. The molecule has 0 aliphatic heterocycles. The zero-order valence-electron chi connectivity index (χ0n) is 7.75. The summed E-state index contributed by atoms with van der Waals surface area (Å²) in [5, 5.41) is 9.64. The fraction of sp³-hybridized carbons (Fsp3) is 0.636. The van der Waals surface area contributed by atoms with Gasteiger partial charge in [0, 0.05) is 5.41 Å². The first-order chi connectivity index (χ1) is 5.67. The van der Waals surface area contributed by atoms with Crippen LogP contribution in [0.1, 0.15) is 26.7 Å². The molecule has 0 amide bonds. The fourth-order valence-electron chi connectivity index (χ4n) is 2.23. The summed E-state index contributed by atoms with van der Waals surface area (Å²) in [5.74, 6) is 0.454. The van der Waals surface area contributed by atoms with Crippen LogP contribution in [0, 0.1) is 11.3 Å². The lowest BCUT2D eigenvalue weighted by atomic mass is 9.89. The van der Waals surface area contributed by atoms with E-state index < -0.39 is 0 Å². The van der Waals surface area contributed by atoms with Gasteiger partial charge in [0.15, 0.2) is 0 Å². The van der Waals surface area contributed by atoms with Crippen molar-refractivity contribution in [2.24, 2.45) is 11.3 Å². The lowest BCUT2D eigenvalue weighted by Gasteiger charge is -2.16. The molecule has 1 fully saturated rings. The third-order valence-corrected chi connectivity index (χ3v) is 3.63. The molecule has 1 N–H and O–H groups in total. The van der Waals surface area contributed by atoms with Gasteiger partial charge in [-0.05, 0) is 18.8 Å². The predicted octanol–water partition coefficient (Wildman–Crippen LogP) is 2.28. The van der Waals surface area contributed by atoms with Crippen molar-refractivity contribution >= 4 is 0 Å². The minimum absolute atomic E-state index is 0.102. The van der Waals surface area contributed by atoms with Gasteiger partial charge in [-0.3, -0.25) is 0 Å². The first kappa shape index (κ1) is 8.06. The van der Waals surface area contributed by atoms with E-state index in [1.807, 2.05) is 0 Å². The van der Waals surface area contributed by atoms with Crippen LogP contribution < -0.4 is 0 Å². The lowest BCUT2D eigenvalue weighted by Crippen LogP contribution is -2.07. The van der Waals surface area contributed by atoms with Crippen molar-refractivity contribution < 1.29 is 5.11 Å². The highest BCUT2D eigenvalue weighted by Gasteiger charge is 2.59. The summed E-state index contributed by atoms with van der Waals surface area (Å²) in [6, 6.07) is 0. The second kappa shape index (κ2) is 2.46. The summed E-state index contributed by atoms with van der Waals surface area (Å²) in [5.41, 5.74) is 1.54. The third kappa shape index (κ3) is 0.893. The van der Waals surface area contributed by atoms with Gasteiger partial charge < -0.3 is 5.11 Å². The SMILES string of the molecule is CC1C(O)C1(C)C1=CC=CCC1. The number of hydrogen-bond donors (Lipinski definition) is 1. The Morgan fingerprint density at radius 3 is 2.67 bits per heavy atom. The van der Waals surface area contributed by atoms with Crippen molar-refractivity contribution in [2.75, 3.05) is 0 Å². The van der Waals surface area contributed by atoms with Crippen molar-refractivity contribution in [1.29, 1.82) is 0 Å². The molecule has 2 rings (SSSR count). The van der Waals surface area contributed by atoms with Crippen LogP contribution in [0.5, 0.6) is 0 Å². The van der Waals surface area contributed by atoms with Gasteiger partial charge in [-0.2, -0.15) is 0 Å². The Morgan fingerprint density at radius 2 is 2.25 bits per heavy atom. The summed E-state index contributed by atoms with van der Waals surface area (Å²) >= 11 is 0. The smallest absolute Gasteiger partial charge is 0.0669 e. The summed E-state index contributed by atoms with van der Waals surface area (Å²) in [4.78, 5) is 0. The van der Waals surface area contributed by atoms with Gasteiger partial charge in [-0.1, -0.05) is 37.6 Å². The van der Waals surface area contributed by atoms with Gasteiger partial charge in [0.25, 0.3) is 0 Å². The fourth-order valence-corrected chi connectivity index (χ4v) is 2.23. The average Bonchev–Trinajstić information content (AvgIpc) is 2.60. The molecular formula is C11H16O. The summed E-state index contributed by atoms with van der Waals surface area (Å²) < 4.78 is 0. The highest BCUT2D eigenvalue weighted by molar-refractivity contribution is 5.33. The Kier molecular flexibility index (Phi) is 1.65. The van der Waals surface area contributed by atoms with E-state index in [9.17, 15) is 5.11 Å². The molecule has 0 aromatic rings. The Hall–Kier alpha value is -0.560. The summed E-state index contributed by atoms with van der Waals surface area (Å²) in [7, 11) is 0. The molecule has 0 saturated heterocycles. The summed E-state index contributed by atoms with van der Waals surface area (Å²) in [6.45, 7) is 4.30. The van der Waals surface area contributed by atoms with E-state index >= 15 is 0 Å². The maximum Gasteiger partial charge on any atom is 0.0669 e. The largest absolute Gasteiger partial charge is 0.392 e. The van der Waals surface area contributed by atoms with Crippen molar-refractivity contribution in [3.8, 4) is 0 Å². The molecule has 0 heterocycles. The van der Waals surface area contributed by atoms with Gasteiger partial charge >= 0.3 is 0 Å². The molecule has 0 spiro atoms. The van der Waals surface area contributed by atoms with Crippen LogP contribution >= 0.6 is 0 Å². The molecule has 2 aliphatic carbocycles. The standard InChI is InChI=1S/C11H16O/c1-8-10(12)11(8,2)9-6-4-3-5-7-9/h3-4,6,8,10,12H,5,7H2,1-2H3. The Labute approximate surface area is 73.8 Å². The number of allylic oxidation sites excluding steroid dienone is 3. The van der Waals surface area contributed by atoms with Crippen LogP contribution in [0.4, 0.5) is 0 Å². The number of hydrogen-bond acceptors (Lipinski definition) is 1. The molecular weight excluding hydrogens is 148 g/mol. The van der Waals surface area contributed by atoms with Crippen LogP contribution in [-0.2, 0) is 0 Å². The van der Waals surface area contributed by atoms with E-state index in [2.05, 4.69) is 32.1 Å². The van der Waals surface area contributed by atoms with Gasteiger partial charge in [0.1, 0.15) is 0 Å². The molecule has 3 atom stereocenters. The van der Waals surface area contributed by atoms with E-state index in [0.717, 1.165) is 12.8 Å². The van der Waals surface area contributed by atoms with Crippen LogP contribution in [-0.4, -0.2) is 11.2 Å². The Morgan fingerprint density at radius 1 is 1.58 bits per heavy atom. The van der Waals surface area contributed by atoms with Crippen molar-refractivity contribution in [1.82, 2.24) is 0 Å². The molecule has 0 aromatic heterocycles. The van der Waals surface area contributed by atoms with Crippen LogP contribution in [0.2, 0.25) is 0 Å². The minimum atomic E-state index is -0.102. The predicted molar refractivity (Wildman–Crippen MR) is 49.7 cm³/mol. The molecule has 0 aromatic carbocycles. The zero-order chi connectivity index (χ0) is 8.77. The number of aliphatic hydroxyl groups is 1. The van der Waals surface area contributed by atoms with Crippen LogP contribution in [0.3, 0.4) is 0 Å². The molecule has 66 valence electrons. The quantitative estimate of drug-likeness (QED) is 0.630. The Bertz CT molecular complexity index is 242. The molecule has 0 bridgehead atoms. The molecule has 12 heavy (non-hydrogen) atoms. The van der Waals surface area contributed by atoms with Crippen LogP contribution in [0.15, 0.2) is 23.8 Å². The number of rotatable bonds is 1. The molecule has 2 aliphatic rings. The van der Waals surface area contributed by atoms with Crippen molar-refractivity contribution in [3.63, 3.8) is 0 Å². The van der Waals surface area contributed by atoms with E-state index in [1.54, 1.807) is 0 Å². The molecule has 0 radical (unpaired) electrons. The van der Waals surface area contributed by atoms with Crippen LogP contribution in [0.25, 0.3) is 0 Å². The van der Waals surface area contributed by atoms with Crippen molar-refractivity contribution in [3.05, 3.63) is 23.8 Å². The maximum absolute atomic E-state index is 9.64. The van der Waals surface area contributed by atoms with Crippen molar-refractivity contribution in [2.45, 2.75) is 32.8 Å². The minimum Gasteiger partial charge on any atom is -0.392 e. The molecule has 1 saturated carbocycles. The molecule has 1 heteroatoms. The van der Waals surface area contributed by atoms with Gasteiger partial charge in [-0.15, -0.1) is 0 Å².